The largest absolute Gasteiger partial charge is 0.378 e. The molecule has 0 radical (unpaired) electrons. The number of benzene rings is 1. The summed E-state index contributed by atoms with van der Waals surface area (Å²) in [5, 5.41) is 1.90. The molecule has 4 nitrogen and oxygen atoms in total. The van der Waals surface area contributed by atoms with Crippen LogP contribution in [0.5, 0.6) is 0 Å². The molecule has 0 saturated carbocycles. The summed E-state index contributed by atoms with van der Waals surface area (Å²) in [5.41, 5.74) is 2.97. The number of nitrogens with one attached hydrogen (secondary N) is 1. The summed E-state index contributed by atoms with van der Waals surface area (Å²) in [6, 6.07) is 10.0. The monoisotopic (exact) mass is 317 g/mol. The van der Waals surface area contributed by atoms with Crippen LogP contribution in [0, 0.1) is 4.77 Å². The Kier molecular flexibility index (Phi) is 3.65. The summed E-state index contributed by atoms with van der Waals surface area (Å²) >= 11 is 6.74. The maximum Gasteiger partial charge on any atom is 0.272 e. The van der Waals surface area contributed by atoms with Crippen molar-refractivity contribution in [1.29, 1.82) is 0 Å². The molecule has 0 saturated heterocycles. The molecular formula is C15H15N3OS2. The van der Waals surface area contributed by atoms with E-state index in [-0.39, 0.29) is 5.56 Å². The number of thiophene rings is 1. The number of fused-ring (bicyclic) bond motifs is 1. The van der Waals surface area contributed by atoms with Gasteiger partial charge in [-0.15, -0.1) is 11.3 Å². The molecule has 21 heavy (non-hydrogen) atoms. The molecule has 0 amide bonds. The lowest BCUT2D eigenvalue weighted by Crippen LogP contribution is -2.21. The van der Waals surface area contributed by atoms with Crippen molar-refractivity contribution in [2.24, 2.45) is 0 Å². The van der Waals surface area contributed by atoms with Crippen molar-refractivity contribution < 1.29 is 0 Å². The molecule has 0 spiro atoms. The Labute approximate surface area is 131 Å². The molecule has 108 valence electrons. The third-order valence-electron chi connectivity index (χ3n) is 3.38. The molecule has 1 aromatic carbocycles. The Hall–Kier alpha value is -1.92. The van der Waals surface area contributed by atoms with Gasteiger partial charge in [0.25, 0.3) is 5.56 Å². The van der Waals surface area contributed by atoms with Crippen molar-refractivity contribution in [3.8, 4) is 0 Å². The van der Waals surface area contributed by atoms with Gasteiger partial charge in [0.1, 0.15) is 4.70 Å². The Morgan fingerprint density at radius 1 is 1.24 bits per heavy atom. The first kappa shape index (κ1) is 14.0. The van der Waals surface area contributed by atoms with Gasteiger partial charge in [0.05, 0.1) is 12.1 Å². The standard InChI is InChI=1S/C15H15N3OS2/c1-17(2)11-5-3-10(4-6-11)9-18-14(19)13-12(7-8-21-13)16-15(18)20/h3-8H,9H2,1-2H3,(H,16,20). The number of rotatable bonds is 3. The minimum absolute atomic E-state index is 0.0274. The van der Waals surface area contributed by atoms with Crippen LogP contribution >= 0.6 is 23.6 Å². The lowest BCUT2D eigenvalue weighted by atomic mass is 10.2. The molecule has 6 heteroatoms. The minimum atomic E-state index is -0.0274. The van der Waals surface area contributed by atoms with E-state index >= 15 is 0 Å². The van der Waals surface area contributed by atoms with Crippen LogP contribution in [0.2, 0.25) is 0 Å². The second kappa shape index (κ2) is 5.46. The zero-order valence-corrected chi connectivity index (χ0v) is 13.4. The lowest BCUT2D eigenvalue weighted by molar-refractivity contribution is 0.736. The van der Waals surface area contributed by atoms with Gasteiger partial charge >= 0.3 is 0 Å². The quantitative estimate of drug-likeness (QED) is 0.754. The Morgan fingerprint density at radius 2 is 1.95 bits per heavy atom. The summed E-state index contributed by atoms with van der Waals surface area (Å²) in [6.07, 6.45) is 0. The van der Waals surface area contributed by atoms with E-state index < -0.39 is 0 Å². The Bertz CT molecular complexity index is 888. The minimum Gasteiger partial charge on any atom is -0.378 e. The van der Waals surface area contributed by atoms with Gasteiger partial charge in [-0.25, -0.2) is 0 Å². The fourth-order valence-electron chi connectivity index (χ4n) is 2.20. The summed E-state index contributed by atoms with van der Waals surface area (Å²) in [7, 11) is 4.00. The predicted octanol–water partition coefficient (Wildman–Crippen LogP) is 3.23. The maximum absolute atomic E-state index is 12.5. The molecule has 0 unspecified atom stereocenters. The van der Waals surface area contributed by atoms with Crippen LogP contribution in [0.15, 0.2) is 40.5 Å². The topological polar surface area (TPSA) is 41.0 Å². The van der Waals surface area contributed by atoms with Gasteiger partial charge in [-0.05, 0) is 41.4 Å². The van der Waals surface area contributed by atoms with E-state index in [0.29, 0.717) is 16.0 Å². The van der Waals surface area contributed by atoms with Crippen molar-refractivity contribution in [3.05, 3.63) is 56.4 Å². The summed E-state index contributed by atoms with van der Waals surface area (Å²) in [5.74, 6) is 0. The van der Waals surface area contributed by atoms with Crippen molar-refractivity contribution in [2.75, 3.05) is 19.0 Å². The van der Waals surface area contributed by atoms with E-state index in [1.807, 2.05) is 54.7 Å². The highest BCUT2D eigenvalue weighted by molar-refractivity contribution is 7.71. The lowest BCUT2D eigenvalue weighted by Gasteiger charge is -2.13. The molecule has 0 bridgehead atoms. The van der Waals surface area contributed by atoms with Crippen LogP contribution in [0.3, 0.4) is 0 Å². The molecule has 1 N–H and O–H groups in total. The highest BCUT2D eigenvalue weighted by Gasteiger charge is 2.07. The number of H-pyrrole nitrogens is 1. The number of aromatic amines is 1. The fourth-order valence-corrected chi connectivity index (χ4v) is 3.25. The van der Waals surface area contributed by atoms with E-state index in [1.54, 1.807) is 4.57 Å². The summed E-state index contributed by atoms with van der Waals surface area (Å²) in [4.78, 5) is 17.6. The number of anilines is 1. The van der Waals surface area contributed by atoms with Crippen LogP contribution in [-0.4, -0.2) is 23.6 Å². The fraction of sp³-hybridized carbons (Fsp3) is 0.200. The molecule has 0 aliphatic heterocycles. The van der Waals surface area contributed by atoms with E-state index in [2.05, 4.69) is 4.98 Å². The first-order chi connectivity index (χ1) is 10.1. The van der Waals surface area contributed by atoms with Crippen molar-refractivity contribution in [1.82, 2.24) is 9.55 Å². The molecule has 3 aromatic rings. The highest BCUT2D eigenvalue weighted by Crippen LogP contribution is 2.16. The van der Waals surface area contributed by atoms with E-state index in [4.69, 9.17) is 12.2 Å². The molecular weight excluding hydrogens is 302 g/mol. The molecule has 2 heterocycles. The Morgan fingerprint density at radius 3 is 2.62 bits per heavy atom. The molecule has 2 aromatic heterocycles. The molecule has 0 aliphatic rings. The van der Waals surface area contributed by atoms with Gasteiger partial charge in [0.15, 0.2) is 4.77 Å². The van der Waals surface area contributed by atoms with Crippen LogP contribution in [-0.2, 0) is 6.54 Å². The van der Waals surface area contributed by atoms with E-state index in [9.17, 15) is 4.79 Å². The van der Waals surface area contributed by atoms with Crippen LogP contribution < -0.4 is 10.5 Å². The normalized spacial score (nSPS) is 11.0. The van der Waals surface area contributed by atoms with Gasteiger partial charge in [-0.2, -0.15) is 0 Å². The van der Waals surface area contributed by atoms with E-state index in [1.165, 1.54) is 11.3 Å². The zero-order valence-electron chi connectivity index (χ0n) is 11.8. The number of nitrogens with zero attached hydrogens (tertiary/aromatic N) is 2. The van der Waals surface area contributed by atoms with Crippen molar-refractivity contribution in [3.63, 3.8) is 0 Å². The molecule has 0 atom stereocenters. The average molecular weight is 317 g/mol. The first-order valence-electron chi connectivity index (χ1n) is 6.53. The maximum atomic E-state index is 12.5. The van der Waals surface area contributed by atoms with E-state index in [0.717, 1.165) is 16.8 Å². The second-order valence-corrected chi connectivity index (χ2v) is 6.35. The Balaban J connectivity index is 2.01. The van der Waals surface area contributed by atoms with Gasteiger partial charge in [-0.3, -0.25) is 9.36 Å². The van der Waals surface area contributed by atoms with Crippen LogP contribution in [0.25, 0.3) is 10.2 Å². The van der Waals surface area contributed by atoms with Gasteiger partial charge in [0.2, 0.25) is 0 Å². The highest BCUT2D eigenvalue weighted by atomic mass is 32.1. The third kappa shape index (κ3) is 2.64. The summed E-state index contributed by atoms with van der Waals surface area (Å²) < 4.78 is 2.79. The molecule has 0 fully saturated rings. The summed E-state index contributed by atoms with van der Waals surface area (Å²) in [6.45, 7) is 0.482. The number of aromatic nitrogens is 2. The molecule has 3 rings (SSSR count). The van der Waals surface area contributed by atoms with Gasteiger partial charge in [0, 0.05) is 19.8 Å². The predicted molar refractivity (Wildman–Crippen MR) is 91.1 cm³/mol. The zero-order chi connectivity index (χ0) is 15.0. The van der Waals surface area contributed by atoms with Gasteiger partial charge < -0.3 is 9.88 Å². The molecule has 0 aliphatic carbocycles. The van der Waals surface area contributed by atoms with Gasteiger partial charge in [-0.1, -0.05) is 12.1 Å². The number of hydrogen-bond acceptors (Lipinski definition) is 4. The van der Waals surface area contributed by atoms with Crippen molar-refractivity contribution in [2.45, 2.75) is 6.54 Å². The SMILES string of the molecule is CN(C)c1ccc(Cn2c(=S)[nH]c3ccsc3c2=O)cc1. The second-order valence-electron chi connectivity index (χ2n) is 5.05. The van der Waals surface area contributed by atoms with Crippen LogP contribution in [0.4, 0.5) is 5.69 Å². The average Bonchev–Trinajstić information content (AvgIpc) is 2.92. The third-order valence-corrected chi connectivity index (χ3v) is 4.61. The van der Waals surface area contributed by atoms with Crippen molar-refractivity contribution >= 4 is 39.5 Å². The number of hydrogen-bond donors (Lipinski definition) is 1. The van der Waals surface area contributed by atoms with Crippen LogP contribution in [0.1, 0.15) is 5.56 Å². The smallest absolute Gasteiger partial charge is 0.272 e. The first-order valence-corrected chi connectivity index (χ1v) is 7.81.